The fourth-order valence-electron chi connectivity index (χ4n) is 1.37. The first-order valence-electron chi connectivity index (χ1n) is 6.51. The maximum atomic E-state index is 11.6. The number of alkyl carbamates (subject to hydrolysis) is 1. The number of nitrogens with zero attached hydrogens (tertiary/aromatic N) is 1. The van der Waals surface area contributed by atoms with Gasteiger partial charge in [0.15, 0.2) is 0 Å². The molecule has 0 unspecified atom stereocenters. The van der Waals surface area contributed by atoms with Crippen LogP contribution in [0, 0.1) is 11.8 Å². The molecule has 0 aliphatic heterocycles. The molecule has 1 atom stereocenters. The number of aliphatic carboxylic acids is 1. The minimum Gasteiger partial charge on any atom is -0.480 e. The molecular formula is C15H17BrN2O4. The maximum absolute atomic E-state index is 11.6. The second kappa shape index (κ2) is 7.80. The van der Waals surface area contributed by atoms with Gasteiger partial charge < -0.3 is 15.2 Å². The highest BCUT2D eigenvalue weighted by Crippen LogP contribution is 2.07. The fourth-order valence-corrected chi connectivity index (χ4v) is 1.72. The first-order valence-corrected chi connectivity index (χ1v) is 7.30. The van der Waals surface area contributed by atoms with Gasteiger partial charge in [-0.3, -0.25) is 0 Å². The number of halogens is 1. The van der Waals surface area contributed by atoms with Gasteiger partial charge in [0.2, 0.25) is 0 Å². The molecule has 0 spiro atoms. The van der Waals surface area contributed by atoms with E-state index in [0.717, 1.165) is 0 Å². The molecule has 2 N–H and O–H groups in total. The molecule has 0 bridgehead atoms. The monoisotopic (exact) mass is 368 g/mol. The van der Waals surface area contributed by atoms with E-state index in [0.29, 0.717) is 10.3 Å². The summed E-state index contributed by atoms with van der Waals surface area (Å²) < 4.78 is 5.66. The lowest BCUT2D eigenvalue weighted by Gasteiger charge is -2.21. The summed E-state index contributed by atoms with van der Waals surface area (Å²) in [5.41, 5.74) is -0.185. The van der Waals surface area contributed by atoms with Crippen molar-refractivity contribution in [1.29, 1.82) is 0 Å². The SMILES string of the molecule is CC(C)(C)OC(=O)N[C@@H](CC#Cc1cccc(Br)n1)C(=O)O. The molecule has 0 saturated carbocycles. The topological polar surface area (TPSA) is 88.5 Å². The zero-order valence-electron chi connectivity index (χ0n) is 12.5. The lowest BCUT2D eigenvalue weighted by Crippen LogP contribution is -2.43. The van der Waals surface area contributed by atoms with E-state index in [4.69, 9.17) is 9.84 Å². The van der Waals surface area contributed by atoms with Crippen LogP contribution in [-0.2, 0) is 9.53 Å². The van der Waals surface area contributed by atoms with Crippen molar-refractivity contribution in [3.05, 3.63) is 28.5 Å². The third kappa shape index (κ3) is 7.09. The Morgan fingerprint density at radius 1 is 1.45 bits per heavy atom. The van der Waals surface area contributed by atoms with Crippen molar-refractivity contribution >= 4 is 28.0 Å². The number of hydrogen-bond acceptors (Lipinski definition) is 4. The zero-order chi connectivity index (χ0) is 16.8. The van der Waals surface area contributed by atoms with Crippen LogP contribution in [0.3, 0.4) is 0 Å². The van der Waals surface area contributed by atoms with Crippen LogP contribution in [0.4, 0.5) is 4.79 Å². The van der Waals surface area contributed by atoms with Crippen LogP contribution in [0.5, 0.6) is 0 Å². The van der Waals surface area contributed by atoms with Gasteiger partial charge in [-0.2, -0.15) is 0 Å². The van der Waals surface area contributed by atoms with Crippen molar-refractivity contribution in [2.75, 3.05) is 0 Å². The number of carbonyl (C=O) groups excluding carboxylic acids is 1. The Balaban J connectivity index is 2.66. The minimum absolute atomic E-state index is 0.0528. The summed E-state index contributed by atoms with van der Waals surface area (Å²) in [6.07, 6.45) is -0.842. The van der Waals surface area contributed by atoms with Crippen LogP contribution in [0.2, 0.25) is 0 Å². The Kier molecular flexibility index (Phi) is 6.38. The van der Waals surface area contributed by atoms with Gasteiger partial charge in [0.25, 0.3) is 0 Å². The molecule has 1 aromatic rings. The molecule has 118 valence electrons. The molecule has 6 nitrogen and oxygen atoms in total. The van der Waals surface area contributed by atoms with Gasteiger partial charge in [0.05, 0.1) is 0 Å². The zero-order valence-corrected chi connectivity index (χ0v) is 14.1. The van der Waals surface area contributed by atoms with E-state index < -0.39 is 23.7 Å². The Labute approximate surface area is 137 Å². The van der Waals surface area contributed by atoms with Gasteiger partial charge in [-0.1, -0.05) is 12.0 Å². The number of carbonyl (C=O) groups is 2. The average Bonchev–Trinajstić information content (AvgIpc) is 2.35. The van der Waals surface area contributed by atoms with Crippen molar-refractivity contribution in [3.8, 4) is 11.8 Å². The van der Waals surface area contributed by atoms with Crippen molar-refractivity contribution < 1.29 is 19.4 Å². The molecule has 1 amide bonds. The molecule has 1 heterocycles. The first-order chi connectivity index (χ1) is 10.2. The van der Waals surface area contributed by atoms with Crippen molar-refractivity contribution in [3.63, 3.8) is 0 Å². The minimum atomic E-state index is -1.18. The molecular weight excluding hydrogens is 352 g/mol. The second-order valence-corrected chi connectivity index (χ2v) is 6.20. The molecule has 1 aromatic heterocycles. The number of amides is 1. The van der Waals surface area contributed by atoms with E-state index in [1.54, 1.807) is 39.0 Å². The van der Waals surface area contributed by atoms with Crippen molar-refractivity contribution in [1.82, 2.24) is 10.3 Å². The number of ether oxygens (including phenoxy) is 1. The number of rotatable bonds is 3. The predicted octanol–water partition coefficient (Wildman–Crippen LogP) is 2.56. The molecule has 0 fully saturated rings. The molecule has 0 aliphatic carbocycles. The number of aromatic nitrogens is 1. The Bertz CT molecular complexity index is 614. The molecule has 1 rings (SSSR count). The summed E-state index contributed by atoms with van der Waals surface area (Å²) in [7, 11) is 0. The van der Waals surface area contributed by atoms with Crippen molar-refractivity contribution in [2.24, 2.45) is 0 Å². The summed E-state index contributed by atoms with van der Waals surface area (Å²) in [5, 5.41) is 11.4. The third-order valence-corrected chi connectivity index (χ3v) is 2.67. The van der Waals surface area contributed by atoms with Gasteiger partial charge in [-0.05, 0) is 54.8 Å². The highest BCUT2D eigenvalue weighted by atomic mass is 79.9. The van der Waals surface area contributed by atoms with Gasteiger partial charge in [0, 0.05) is 6.42 Å². The summed E-state index contributed by atoms with van der Waals surface area (Å²) in [6, 6.07) is 4.09. The van der Waals surface area contributed by atoms with Crippen LogP contribution in [0.15, 0.2) is 22.8 Å². The molecule has 0 radical (unpaired) electrons. The van der Waals surface area contributed by atoms with Crippen LogP contribution >= 0.6 is 15.9 Å². The van der Waals surface area contributed by atoms with Crippen LogP contribution in [-0.4, -0.2) is 33.8 Å². The molecule has 0 aromatic carbocycles. The van der Waals surface area contributed by atoms with Gasteiger partial charge >= 0.3 is 12.1 Å². The van der Waals surface area contributed by atoms with E-state index in [1.807, 2.05) is 0 Å². The Morgan fingerprint density at radius 3 is 2.68 bits per heavy atom. The lowest BCUT2D eigenvalue weighted by atomic mass is 10.2. The number of nitrogens with one attached hydrogen (secondary N) is 1. The van der Waals surface area contributed by atoms with E-state index in [2.05, 4.69) is 38.1 Å². The van der Waals surface area contributed by atoms with Crippen LogP contribution in [0.25, 0.3) is 0 Å². The standard InChI is InChI=1S/C15H17BrN2O4/c1-15(2,3)22-14(21)18-11(13(19)20)8-4-6-10-7-5-9-12(16)17-10/h5,7,9,11H,8H2,1-3H3,(H,18,21)(H,19,20)/t11-/m0/s1. The summed E-state index contributed by atoms with van der Waals surface area (Å²) in [5.74, 6) is 4.26. The molecule has 7 heteroatoms. The summed E-state index contributed by atoms with van der Waals surface area (Å²) >= 11 is 3.22. The quantitative estimate of drug-likeness (QED) is 0.632. The number of hydrogen-bond donors (Lipinski definition) is 2. The highest BCUT2D eigenvalue weighted by Gasteiger charge is 2.23. The van der Waals surface area contributed by atoms with Gasteiger partial charge in [-0.25, -0.2) is 14.6 Å². The molecule has 0 saturated heterocycles. The van der Waals surface area contributed by atoms with E-state index in [9.17, 15) is 9.59 Å². The number of carboxylic acid groups (broad SMARTS) is 1. The van der Waals surface area contributed by atoms with E-state index in [-0.39, 0.29) is 6.42 Å². The third-order valence-electron chi connectivity index (χ3n) is 2.23. The van der Waals surface area contributed by atoms with E-state index in [1.165, 1.54) is 0 Å². The Morgan fingerprint density at radius 2 is 2.14 bits per heavy atom. The predicted molar refractivity (Wildman–Crippen MR) is 84.2 cm³/mol. The molecule has 22 heavy (non-hydrogen) atoms. The summed E-state index contributed by atoms with van der Waals surface area (Å²) in [6.45, 7) is 5.09. The fraction of sp³-hybridized carbons (Fsp3) is 0.400. The lowest BCUT2D eigenvalue weighted by molar-refractivity contribution is -0.139. The van der Waals surface area contributed by atoms with Crippen molar-refractivity contribution in [2.45, 2.75) is 38.8 Å². The highest BCUT2D eigenvalue weighted by molar-refractivity contribution is 9.10. The second-order valence-electron chi connectivity index (χ2n) is 5.39. The van der Waals surface area contributed by atoms with Gasteiger partial charge in [0.1, 0.15) is 21.9 Å². The number of pyridine rings is 1. The van der Waals surface area contributed by atoms with Crippen LogP contribution in [0.1, 0.15) is 32.9 Å². The van der Waals surface area contributed by atoms with E-state index >= 15 is 0 Å². The maximum Gasteiger partial charge on any atom is 0.408 e. The Hall–Kier alpha value is -2.07. The van der Waals surface area contributed by atoms with Crippen LogP contribution < -0.4 is 5.32 Å². The first kappa shape index (κ1) is 18.0. The van der Waals surface area contributed by atoms with Gasteiger partial charge in [-0.15, -0.1) is 0 Å². The summed E-state index contributed by atoms with van der Waals surface area (Å²) in [4.78, 5) is 26.8. The smallest absolute Gasteiger partial charge is 0.408 e. The molecule has 0 aliphatic rings. The number of carboxylic acids is 1. The average molecular weight is 369 g/mol. The normalized spacial score (nSPS) is 11.8. The largest absolute Gasteiger partial charge is 0.480 e.